The third-order valence-electron chi connectivity index (χ3n) is 4.90. The van der Waals surface area contributed by atoms with Crippen LogP contribution < -0.4 is 14.2 Å². The molecule has 2 unspecified atom stereocenters. The standard InChI is InChI=1S/C23H22AsClN2O9S/c1-15(28)27(26-37(33,34)19-10-6-9-17(25)13-19)21-14-18(29)11-12-20(21)24(31,32)36-22(23(30)35-2)16-7-4-3-5-8-16/h3-14,22,26,29H,1-2H3,(H,31,32). The van der Waals surface area contributed by atoms with Gasteiger partial charge in [-0.15, -0.1) is 0 Å². The number of sulfonamides is 1. The van der Waals surface area contributed by atoms with E-state index in [9.17, 15) is 30.9 Å². The van der Waals surface area contributed by atoms with Gasteiger partial charge in [-0.25, -0.2) is 0 Å². The zero-order chi connectivity index (χ0) is 27.4. The van der Waals surface area contributed by atoms with Gasteiger partial charge in [0, 0.05) is 0 Å². The number of methoxy groups -OCH3 is 1. The van der Waals surface area contributed by atoms with E-state index in [0.717, 1.165) is 38.3 Å². The monoisotopic (exact) mass is 612 g/mol. The van der Waals surface area contributed by atoms with Crippen molar-refractivity contribution in [2.75, 3.05) is 12.1 Å². The second-order valence-corrected chi connectivity index (χ2v) is 13.3. The summed E-state index contributed by atoms with van der Waals surface area (Å²) in [5.41, 5.74) is -0.268. The average molecular weight is 613 g/mol. The molecule has 0 aliphatic heterocycles. The Morgan fingerprint density at radius 1 is 1.05 bits per heavy atom. The van der Waals surface area contributed by atoms with Crippen molar-refractivity contribution in [1.29, 1.82) is 0 Å². The summed E-state index contributed by atoms with van der Waals surface area (Å²) >= 11 is 0.0933. The number of rotatable bonds is 9. The normalized spacial score (nSPS) is 13.8. The van der Waals surface area contributed by atoms with Crippen molar-refractivity contribution in [3.05, 3.63) is 83.4 Å². The van der Waals surface area contributed by atoms with E-state index in [-0.39, 0.29) is 15.5 Å². The van der Waals surface area contributed by atoms with Crippen LogP contribution >= 0.6 is 11.6 Å². The number of halogens is 1. The molecule has 3 N–H and O–H groups in total. The number of carbonyl (C=O) groups is 2. The molecule has 1 amide bonds. The Morgan fingerprint density at radius 3 is 2.32 bits per heavy atom. The zero-order valence-electron chi connectivity index (χ0n) is 19.4. The fourth-order valence-corrected chi connectivity index (χ4v) is 7.34. The van der Waals surface area contributed by atoms with Gasteiger partial charge >= 0.3 is 221 Å². The Hall–Kier alpha value is -3.12. The van der Waals surface area contributed by atoms with Crippen molar-refractivity contribution in [2.24, 2.45) is 0 Å². The molecule has 14 heteroatoms. The van der Waals surface area contributed by atoms with Crippen LogP contribution in [0.15, 0.2) is 77.7 Å². The first-order chi connectivity index (χ1) is 17.4. The molecule has 3 aromatic rings. The maximum absolute atomic E-state index is 13.5. The van der Waals surface area contributed by atoms with E-state index in [4.69, 9.17) is 20.1 Å². The second-order valence-electron chi connectivity index (χ2n) is 7.52. The first-order valence-corrected chi connectivity index (χ1v) is 15.6. The van der Waals surface area contributed by atoms with Gasteiger partial charge in [0.05, 0.1) is 0 Å². The number of amides is 1. The van der Waals surface area contributed by atoms with E-state index in [1.165, 1.54) is 30.3 Å². The van der Waals surface area contributed by atoms with Gasteiger partial charge in [-0.2, -0.15) is 0 Å². The number of benzene rings is 3. The topological polar surface area (TPSA) is 160 Å². The molecule has 0 aliphatic carbocycles. The summed E-state index contributed by atoms with van der Waals surface area (Å²) in [5.74, 6) is -2.33. The molecule has 2 atom stereocenters. The molecule has 3 aromatic carbocycles. The van der Waals surface area contributed by atoms with Gasteiger partial charge in [-0.1, -0.05) is 0 Å². The number of phenols is 1. The molecule has 0 aromatic heterocycles. The maximum atomic E-state index is 13.5. The van der Waals surface area contributed by atoms with E-state index in [0.29, 0.717) is 5.01 Å². The molecule has 0 radical (unpaired) electrons. The number of carbonyl (C=O) groups excluding carboxylic acids is 2. The van der Waals surface area contributed by atoms with Gasteiger partial charge in [0.25, 0.3) is 0 Å². The molecule has 0 fully saturated rings. The molecule has 0 saturated heterocycles. The van der Waals surface area contributed by atoms with Crippen LogP contribution in [0.5, 0.6) is 5.75 Å². The molecular formula is C23H22AsClN2O9S. The van der Waals surface area contributed by atoms with Crippen molar-refractivity contribution < 1.29 is 39.4 Å². The van der Waals surface area contributed by atoms with E-state index < -0.39 is 58.0 Å². The molecule has 11 nitrogen and oxygen atoms in total. The van der Waals surface area contributed by atoms with Crippen LogP contribution in [0.3, 0.4) is 0 Å². The van der Waals surface area contributed by atoms with Gasteiger partial charge in [0.15, 0.2) is 0 Å². The number of nitrogens with one attached hydrogen (secondary N) is 1. The van der Waals surface area contributed by atoms with Crippen LogP contribution in [0.2, 0.25) is 5.02 Å². The van der Waals surface area contributed by atoms with E-state index in [2.05, 4.69) is 0 Å². The third kappa shape index (κ3) is 6.80. The summed E-state index contributed by atoms with van der Waals surface area (Å²) in [4.78, 5) is 26.7. The predicted octanol–water partition coefficient (Wildman–Crippen LogP) is 1.79. The van der Waals surface area contributed by atoms with Gasteiger partial charge in [0.1, 0.15) is 0 Å². The molecule has 196 valence electrons. The van der Waals surface area contributed by atoms with E-state index in [1.54, 1.807) is 18.2 Å². The van der Waals surface area contributed by atoms with E-state index in [1.807, 2.05) is 4.83 Å². The molecule has 0 saturated carbocycles. The summed E-state index contributed by atoms with van der Waals surface area (Å²) in [6, 6.07) is 15.9. The quantitative estimate of drug-likeness (QED) is 0.186. The summed E-state index contributed by atoms with van der Waals surface area (Å²) in [5, 5.41) is 10.6. The third-order valence-corrected chi connectivity index (χ3v) is 9.55. The second kappa shape index (κ2) is 11.5. The average Bonchev–Trinajstić information content (AvgIpc) is 2.85. The van der Waals surface area contributed by atoms with E-state index >= 15 is 0 Å². The number of esters is 1. The van der Waals surface area contributed by atoms with Gasteiger partial charge in [-0.05, 0) is 0 Å². The van der Waals surface area contributed by atoms with Gasteiger partial charge in [-0.3, -0.25) is 0 Å². The fourth-order valence-electron chi connectivity index (χ4n) is 3.19. The number of hydrogen-bond acceptors (Lipinski definition) is 8. The Balaban J connectivity index is 2.08. The summed E-state index contributed by atoms with van der Waals surface area (Å²) in [6.45, 7) is 0.992. The van der Waals surface area contributed by atoms with Gasteiger partial charge in [0.2, 0.25) is 0 Å². The number of hydrogen-bond donors (Lipinski definition) is 3. The van der Waals surface area contributed by atoms with Crippen molar-refractivity contribution in [1.82, 2.24) is 4.83 Å². The number of anilines is 1. The number of nitrogens with zero attached hydrogens (tertiary/aromatic N) is 1. The summed E-state index contributed by atoms with van der Waals surface area (Å²) in [6.07, 6.45) is -1.61. The first kappa shape index (κ1) is 28.4. The molecule has 0 heterocycles. The minimum atomic E-state index is -5.79. The van der Waals surface area contributed by atoms with Crippen LogP contribution in [0.25, 0.3) is 0 Å². The number of hydrazine groups is 1. The zero-order valence-corrected chi connectivity index (χ0v) is 22.9. The van der Waals surface area contributed by atoms with Crippen LogP contribution in [0, 0.1) is 0 Å². The minimum absolute atomic E-state index is 0.113. The SMILES string of the molecule is COC(=O)C(O[As](=O)(O)c1ccc(O)cc1N(NS(=O)(=O)c1cccc(Cl)c1)C(C)=O)c1ccccc1. The number of phenolic OH excluding ortho intramolecular Hbond substituents is 1. The Bertz CT molecular complexity index is 1470. The molecule has 0 spiro atoms. The Morgan fingerprint density at radius 2 is 1.73 bits per heavy atom. The van der Waals surface area contributed by atoms with Crippen molar-refractivity contribution >= 4 is 57.7 Å². The van der Waals surface area contributed by atoms with Crippen molar-refractivity contribution in [3.63, 3.8) is 0 Å². The predicted molar refractivity (Wildman–Crippen MR) is 134 cm³/mol. The van der Waals surface area contributed by atoms with Crippen LogP contribution in [0.1, 0.15) is 18.6 Å². The fraction of sp³-hybridized carbons (Fsp3) is 0.130. The van der Waals surface area contributed by atoms with Crippen molar-refractivity contribution in [2.45, 2.75) is 17.9 Å². The Labute approximate surface area is 220 Å². The number of aromatic hydroxyl groups is 1. The number of ether oxygens (including phenoxy) is 1. The molecule has 37 heavy (non-hydrogen) atoms. The molecule has 0 bridgehead atoms. The van der Waals surface area contributed by atoms with Crippen LogP contribution in [0.4, 0.5) is 5.69 Å². The van der Waals surface area contributed by atoms with Crippen LogP contribution in [-0.4, -0.2) is 50.8 Å². The first-order valence-electron chi connectivity index (χ1n) is 10.4. The molecule has 3 rings (SSSR count). The molecular weight excluding hydrogens is 591 g/mol. The molecule has 0 aliphatic rings. The van der Waals surface area contributed by atoms with Gasteiger partial charge < -0.3 is 0 Å². The Kier molecular flexibility index (Phi) is 8.85. The summed E-state index contributed by atoms with van der Waals surface area (Å²) < 4.78 is 60.0. The summed E-state index contributed by atoms with van der Waals surface area (Å²) in [7, 11) is -3.35. The van der Waals surface area contributed by atoms with Crippen molar-refractivity contribution in [3.8, 4) is 5.75 Å². The van der Waals surface area contributed by atoms with Crippen LogP contribution in [-0.2, 0) is 31.8 Å².